The lowest BCUT2D eigenvalue weighted by Gasteiger charge is -2.16. The first-order valence-electron chi connectivity index (χ1n) is 6.98. The van der Waals surface area contributed by atoms with Gasteiger partial charge in [-0.15, -0.1) is 0 Å². The average molecular weight is 278 g/mol. The fourth-order valence-electron chi connectivity index (χ4n) is 2.37. The van der Waals surface area contributed by atoms with Crippen LogP contribution in [0.4, 0.5) is 5.69 Å². The highest BCUT2D eigenvalue weighted by atomic mass is 16.5. The predicted octanol–water partition coefficient (Wildman–Crippen LogP) is 2.13. The van der Waals surface area contributed by atoms with E-state index in [1.807, 2.05) is 23.1 Å². The summed E-state index contributed by atoms with van der Waals surface area (Å²) in [6.45, 7) is 2.42. The number of rotatable bonds is 6. The van der Waals surface area contributed by atoms with Gasteiger partial charge in [-0.05, 0) is 25.0 Å². The molecule has 0 unspecified atom stereocenters. The van der Waals surface area contributed by atoms with Gasteiger partial charge in [0.15, 0.2) is 0 Å². The highest BCUT2D eigenvalue weighted by molar-refractivity contribution is 5.77. The number of ether oxygens (including phenoxy) is 2. The number of likely N-dealkylation sites (tertiary alicyclic amines) is 1. The summed E-state index contributed by atoms with van der Waals surface area (Å²) in [5, 5.41) is 3.24. The largest absolute Gasteiger partial charge is 0.497 e. The Balaban J connectivity index is 1.85. The summed E-state index contributed by atoms with van der Waals surface area (Å²) >= 11 is 0. The van der Waals surface area contributed by atoms with Crippen LogP contribution in [0.2, 0.25) is 0 Å². The SMILES string of the molecule is COc1ccc(NCCC(=O)N2CCCC2)c(OC)c1. The number of methoxy groups -OCH3 is 2. The number of carbonyl (C=O) groups excluding carboxylic acids is 1. The molecule has 0 radical (unpaired) electrons. The van der Waals surface area contributed by atoms with Crippen molar-refractivity contribution in [3.8, 4) is 11.5 Å². The van der Waals surface area contributed by atoms with Crippen LogP contribution >= 0.6 is 0 Å². The molecule has 2 rings (SSSR count). The Morgan fingerprint density at radius 2 is 2.00 bits per heavy atom. The third-order valence-electron chi connectivity index (χ3n) is 3.52. The number of hydrogen-bond acceptors (Lipinski definition) is 4. The molecule has 1 fully saturated rings. The van der Waals surface area contributed by atoms with Crippen molar-refractivity contribution in [1.82, 2.24) is 4.90 Å². The number of nitrogens with zero attached hydrogens (tertiary/aromatic N) is 1. The van der Waals surface area contributed by atoms with Gasteiger partial charge in [0.2, 0.25) is 5.91 Å². The molecule has 0 atom stereocenters. The van der Waals surface area contributed by atoms with Gasteiger partial charge in [0.25, 0.3) is 0 Å². The zero-order valence-electron chi connectivity index (χ0n) is 12.1. The molecular weight excluding hydrogens is 256 g/mol. The molecule has 1 saturated heterocycles. The molecule has 5 heteroatoms. The monoisotopic (exact) mass is 278 g/mol. The molecule has 0 aliphatic carbocycles. The molecule has 1 aliphatic rings. The van der Waals surface area contributed by atoms with Gasteiger partial charge in [0.05, 0.1) is 19.9 Å². The van der Waals surface area contributed by atoms with E-state index in [0.717, 1.165) is 43.1 Å². The molecule has 0 saturated carbocycles. The van der Waals surface area contributed by atoms with Gasteiger partial charge >= 0.3 is 0 Å². The molecule has 1 aromatic carbocycles. The van der Waals surface area contributed by atoms with E-state index in [1.165, 1.54) is 0 Å². The Labute approximate surface area is 119 Å². The molecule has 0 bridgehead atoms. The zero-order chi connectivity index (χ0) is 14.4. The second-order valence-corrected chi connectivity index (χ2v) is 4.83. The Morgan fingerprint density at radius 3 is 2.65 bits per heavy atom. The molecule has 0 spiro atoms. The maximum atomic E-state index is 11.9. The molecule has 5 nitrogen and oxygen atoms in total. The van der Waals surface area contributed by atoms with Crippen LogP contribution in [0.5, 0.6) is 11.5 Å². The Kier molecular flexibility index (Phi) is 5.09. The predicted molar refractivity (Wildman–Crippen MR) is 78.5 cm³/mol. The second kappa shape index (κ2) is 7.03. The van der Waals surface area contributed by atoms with Gasteiger partial charge in [0.1, 0.15) is 11.5 Å². The minimum absolute atomic E-state index is 0.225. The molecule has 110 valence electrons. The quantitative estimate of drug-likeness (QED) is 0.866. The van der Waals surface area contributed by atoms with Crippen molar-refractivity contribution >= 4 is 11.6 Å². The van der Waals surface area contributed by atoms with Crippen LogP contribution in [0.3, 0.4) is 0 Å². The molecular formula is C15H22N2O3. The number of benzene rings is 1. The van der Waals surface area contributed by atoms with Gasteiger partial charge < -0.3 is 19.7 Å². The highest BCUT2D eigenvalue weighted by Gasteiger charge is 2.17. The summed E-state index contributed by atoms with van der Waals surface area (Å²) in [7, 11) is 3.24. The van der Waals surface area contributed by atoms with E-state index >= 15 is 0 Å². The first-order valence-corrected chi connectivity index (χ1v) is 6.98. The van der Waals surface area contributed by atoms with Crippen molar-refractivity contribution in [2.75, 3.05) is 39.2 Å². The Morgan fingerprint density at radius 1 is 1.25 bits per heavy atom. The van der Waals surface area contributed by atoms with E-state index in [1.54, 1.807) is 14.2 Å². The summed E-state index contributed by atoms with van der Waals surface area (Å²) in [6, 6.07) is 5.59. The van der Waals surface area contributed by atoms with Gasteiger partial charge in [-0.2, -0.15) is 0 Å². The highest BCUT2D eigenvalue weighted by Crippen LogP contribution is 2.28. The summed E-state index contributed by atoms with van der Waals surface area (Å²) in [5.41, 5.74) is 0.877. The lowest BCUT2D eigenvalue weighted by Crippen LogP contribution is -2.29. The summed E-state index contributed by atoms with van der Waals surface area (Å²) in [4.78, 5) is 13.9. The molecule has 1 aromatic rings. The van der Waals surface area contributed by atoms with Crippen molar-refractivity contribution < 1.29 is 14.3 Å². The number of amides is 1. The number of nitrogens with one attached hydrogen (secondary N) is 1. The maximum Gasteiger partial charge on any atom is 0.224 e. The molecule has 1 amide bonds. The summed E-state index contributed by atoms with van der Waals surface area (Å²) < 4.78 is 10.5. The van der Waals surface area contributed by atoms with Crippen LogP contribution in [0.25, 0.3) is 0 Å². The summed E-state index contributed by atoms with van der Waals surface area (Å²) in [5.74, 6) is 1.70. The third-order valence-corrected chi connectivity index (χ3v) is 3.52. The summed E-state index contributed by atoms with van der Waals surface area (Å²) in [6.07, 6.45) is 2.77. The van der Waals surface area contributed by atoms with Crippen LogP contribution in [0.1, 0.15) is 19.3 Å². The van der Waals surface area contributed by atoms with E-state index in [4.69, 9.17) is 9.47 Å². The minimum Gasteiger partial charge on any atom is -0.497 e. The van der Waals surface area contributed by atoms with Crippen LogP contribution in [-0.4, -0.2) is 44.7 Å². The van der Waals surface area contributed by atoms with Crippen molar-refractivity contribution in [2.24, 2.45) is 0 Å². The second-order valence-electron chi connectivity index (χ2n) is 4.83. The van der Waals surface area contributed by atoms with Crippen LogP contribution < -0.4 is 14.8 Å². The standard InChI is InChI=1S/C15H22N2O3/c1-19-12-5-6-13(14(11-12)20-2)16-8-7-15(18)17-9-3-4-10-17/h5-6,11,16H,3-4,7-10H2,1-2H3. The third kappa shape index (κ3) is 3.56. The normalized spacial score (nSPS) is 14.2. The first kappa shape index (κ1) is 14.5. The Hall–Kier alpha value is -1.91. The van der Waals surface area contributed by atoms with Crippen molar-refractivity contribution in [1.29, 1.82) is 0 Å². The van der Waals surface area contributed by atoms with E-state index in [2.05, 4.69) is 5.32 Å². The maximum absolute atomic E-state index is 11.9. The van der Waals surface area contributed by atoms with Crippen molar-refractivity contribution in [3.63, 3.8) is 0 Å². The first-order chi connectivity index (χ1) is 9.74. The zero-order valence-corrected chi connectivity index (χ0v) is 12.1. The molecule has 0 aromatic heterocycles. The van der Waals surface area contributed by atoms with Crippen molar-refractivity contribution in [3.05, 3.63) is 18.2 Å². The number of anilines is 1. The van der Waals surface area contributed by atoms with Crippen LogP contribution in [-0.2, 0) is 4.79 Å². The molecule has 20 heavy (non-hydrogen) atoms. The molecule has 1 N–H and O–H groups in total. The minimum atomic E-state index is 0.225. The molecule has 1 heterocycles. The smallest absolute Gasteiger partial charge is 0.224 e. The van der Waals surface area contributed by atoms with Crippen LogP contribution in [0.15, 0.2) is 18.2 Å². The van der Waals surface area contributed by atoms with Crippen LogP contribution in [0, 0.1) is 0 Å². The van der Waals surface area contributed by atoms with E-state index in [-0.39, 0.29) is 5.91 Å². The van der Waals surface area contributed by atoms with E-state index in [0.29, 0.717) is 13.0 Å². The van der Waals surface area contributed by atoms with Gasteiger partial charge in [-0.1, -0.05) is 0 Å². The van der Waals surface area contributed by atoms with E-state index in [9.17, 15) is 4.79 Å². The average Bonchev–Trinajstić information content (AvgIpc) is 3.01. The lowest BCUT2D eigenvalue weighted by atomic mass is 10.2. The number of hydrogen-bond donors (Lipinski definition) is 1. The topological polar surface area (TPSA) is 50.8 Å². The Bertz CT molecular complexity index is 456. The fraction of sp³-hybridized carbons (Fsp3) is 0.533. The van der Waals surface area contributed by atoms with Crippen molar-refractivity contribution in [2.45, 2.75) is 19.3 Å². The fourth-order valence-corrected chi connectivity index (χ4v) is 2.37. The van der Waals surface area contributed by atoms with E-state index < -0.39 is 0 Å². The molecule has 1 aliphatic heterocycles. The van der Waals surface area contributed by atoms with Gasteiger partial charge in [-0.3, -0.25) is 4.79 Å². The van der Waals surface area contributed by atoms with Gasteiger partial charge in [-0.25, -0.2) is 0 Å². The number of carbonyl (C=O) groups is 1. The lowest BCUT2D eigenvalue weighted by molar-refractivity contribution is -0.129. The van der Waals surface area contributed by atoms with Gasteiger partial charge in [0, 0.05) is 32.1 Å².